The summed E-state index contributed by atoms with van der Waals surface area (Å²) in [6.07, 6.45) is 11.6. The Balaban J connectivity index is 0.00000126. The van der Waals surface area contributed by atoms with Gasteiger partial charge in [-0.05, 0) is 103 Å². The summed E-state index contributed by atoms with van der Waals surface area (Å²) in [5.74, 6) is 1.21. The fourth-order valence-electron chi connectivity index (χ4n) is 6.23. The minimum atomic E-state index is -3.67. The molecule has 2 unspecified atom stereocenters. The van der Waals surface area contributed by atoms with Crippen LogP contribution in [0.15, 0.2) is 89.7 Å². The first-order chi connectivity index (χ1) is 26.4. The zero-order valence-corrected chi connectivity index (χ0v) is 34.3. The molecule has 2 atom stereocenters. The molecule has 1 aromatic heterocycles. The molecule has 1 aliphatic rings. The number of hydrogen-bond donors (Lipinski definition) is 3. The van der Waals surface area contributed by atoms with Crippen molar-refractivity contribution in [3.8, 4) is 16.9 Å². The van der Waals surface area contributed by atoms with Gasteiger partial charge in [0.1, 0.15) is 12.4 Å². The van der Waals surface area contributed by atoms with Gasteiger partial charge in [-0.2, -0.15) is 8.42 Å². The molecule has 55 heavy (non-hydrogen) atoms. The topological polar surface area (TPSA) is 151 Å². The van der Waals surface area contributed by atoms with Crippen LogP contribution >= 0.6 is 0 Å². The summed E-state index contributed by atoms with van der Waals surface area (Å²) in [7, 11) is -4.91. The summed E-state index contributed by atoms with van der Waals surface area (Å²) in [5.41, 5.74) is 6.64. The Bertz CT molecular complexity index is 1940. The molecule has 5 rings (SSSR count). The van der Waals surface area contributed by atoms with Crippen molar-refractivity contribution in [1.82, 2.24) is 9.97 Å². The van der Waals surface area contributed by atoms with Gasteiger partial charge in [0.15, 0.2) is 0 Å². The van der Waals surface area contributed by atoms with Gasteiger partial charge in [-0.3, -0.25) is 13.6 Å². The molecule has 0 bridgehead atoms. The highest BCUT2D eigenvalue weighted by Gasteiger charge is 2.22. The fourth-order valence-corrected chi connectivity index (χ4v) is 7.77. The van der Waals surface area contributed by atoms with Crippen LogP contribution in [0.4, 0.5) is 11.4 Å². The number of unbranched alkanes of at least 4 members (excludes halogenated alkanes) is 1. The number of nitrogens with zero attached hydrogens (tertiary/aromatic N) is 2. The van der Waals surface area contributed by atoms with Crippen molar-refractivity contribution >= 4 is 44.3 Å². The molecule has 13 heteroatoms. The molecule has 0 spiro atoms. The Kier molecular flexibility index (Phi) is 17.1. The highest BCUT2D eigenvalue weighted by molar-refractivity contribution is 7.85. The van der Waals surface area contributed by atoms with Crippen molar-refractivity contribution in [2.24, 2.45) is 5.92 Å². The van der Waals surface area contributed by atoms with Crippen LogP contribution in [0.5, 0.6) is 5.75 Å². The average molecular weight is 793 g/mol. The Morgan fingerprint density at radius 2 is 1.71 bits per heavy atom. The molecular formula is C42H56N4O7S2. The maximum atomic E-state index is 13.7. The van der Waals surface area contributed by atoms with Crippen LogP contribution in [0.2, 0.25) is 0 Å². The number of aromatic nitrogens is 2. The molecule has 0 fully saturated rings. The van der Waals surface area contributed by atoms with Crippen LogP contribution < -0.4 is 15.0 Å². The Hall–Kier alpha value is -4.30. The number of fused-ring (bicyclic) bond motifs is 1. The number of ether oxygens (including phenoxy) is 2. The monoisotopic (exact) mass is 792 g/mol. The minimum absolute atomic E-state index is 0.117. The van der Waals surface area contributed by atoms with Gasteiger partial charge in [0.05, 0.1) is 40.9 Å². The molecule has 11 nitrogen and oxygen atoms in total. The molecule has 3 N–H and O–H groups in total. The van der Waals surface area contributed by atoms with Crippen LogP contribution in [0.25, 0.3) is 17.2 Å². The van der Waals surface area contributed by atoms with E-state index < -0.39 is 20.9 Å². The van der Waals surface area contributed by atoms with Crippen molar-refractivity contribution < 1.29 is 31.4 Å². The number of hydrogen-bond acceptors (Lipinski definition) is 8. The lowest BCUT2D eigenvalue weighted by molar-refractivity contribution is -0.112. The molecule has 1 aliphatic heterocycles. The molecule has 0 saturated carbocycles. The largest absolute Gasteiger partial charge is 0.491 e. The van der Waals surface area contributed by atoms with Gasteiger partial charge >= 0.3 is 0 Å². The Morgan fingerprint density at radius 1 is 1.00 bits per heavy atom. The predicted octanol–water partition coefficient (Wildman–Crippen LogP) is 8.70. The fraction of sp³-hybridized carbons (Fsp3) is 0.429. The van der Waals surface area contributed by atoms with Crippen LogP contribution in [0.3, 0.4) is 0 Å². The van der Waals surface area contributed by atoms with E-state index in [-0.39, 0.29) is 11.2 Å². The van der Waals surface area contributed by atoms with E-state index in [4.69, 9.17) is 14.0 Å². The van der Waals surface area contributed by atoms with Gasteiger partial charge in [0.2, 0.25) is 0 Å². The van der Waals surface area contributed by atoms with E-state index in [2.05, 4.69) is 84.3 Å². The van der Waals surface area contributed by atoms with Crippen LogP contribution in [0.1, 0.15) is 82.7 Å². The Labute approximate surface area is 329 Å². The number of nitrogens with one attached hydrogen (secondary N) is 2. The number of aromatic amines is 1. The van der Waals surface area contributed by atoms with Crippen molar-refractivity contribution in [1.29, 1.82) is 0 Å². The Morgan fingerprint density at radius 3 is 2.35 bits per heavy atom. The molecule has 0 radical (unpaired) electrons. The number of H-pyrrole nitrogens is 1. The van der Waals surface area contributed by atoms with E-state index >= 15 is 0 Å². The van der Waals surface area contributed by atoms with E-state index in [1.807, 2.05) is 36.4 Å². The maximum Gasteiger partial charge on any atom is 0.261 e. The van der Waals surface area contributed by atoms with Gasteiger partial charge in [-0.15, -0.1) is 0 Å². The van der Waals surface area contributed by atoms with Crippen LogP contribution in [-0.4, -0.2) is 72.2 Å². The standard InChI is InChI=1S/C41H52N4O4S.CH4O3S/c1-5-7-22-48-23-24-49-36-16-11-31(12-17-36)32-13-20-39-34(25-32)26-33(10-8-21-45(39)28-30(3)4)41(46)44-35-14-18-37(19-15-35)50(47)40(9-6-2)38-27-42-29-43-38;1-5(2,3)4/h11-20,25-27,29-30,40H,5-10,21-24,28H2,1-4H3,(H,42,43)(H,44,46);1H3,(H,2,3,4). The minimum Gasteiger partial charge on any atom is -0.491 e. The summed E-state index contributed by atoms with van der Waals surface area (Å²) in [4.78, 5) is 24.2. The lowest BCUT2D eigenvalue weighted by Crippen LogP contribution is -2.30. The number of carbonyl (C=O) groups is 1. The van der Waals surface area contributed by atoms with E-state index in [0.29, 0.717) is 37.5 Å². The van der Waals surface area contributed by atoms with Gasteiger partial charge < -0.3 is 24.7 Å². The first kappa shape index (κ1) is 43.4. The second-order valence-electron chi connectivity index (χ2n) is 14.0. The molecule has 3 aromatic carbocycles. The summed E-state index contributed by atoms with van der Waals surface area (Å²) in [5, 5.41) is 2.95. The van der Waals surface area contributed by atoms with E-state index in [0.717, 1.165) is 96.1 Å². The summed E-state index contributed by atoms with van der Waals surface area (Å²) in [6, 6.07) is 22.1. The summed E-state index contributed by atoms with van der Waals surface area (Å²) in [6.45, 7) is 12.4. The third-order valence-corrected chi connectivity index (χ3v) is 10.5. The highest BCUT2D eigenvalue weighted by Crippen LogP contribution is 2.34. The van der Waals surface area contributed by atoms with Crippen molar-refractivity contribution in [2.75, 3.05) is 49.4 Å². The third kappa shape index (κ3) is 14.4. The lowest BCUT2D eigenvalue weighted by atomic mass is 9.96. The number of carbonyl (C=O) groups excluding carboxylic acids is 1. The van der Waals surface area contributed by atoms with Crippen molar-refractivity contribution in [3.05, 3.63) is 96.1 Å². The van der Waals surface area contributed by atoms with Crippen molar-refractivity contribution in [3.63, 3.8) is 0 Å². The molecule has 0 saturated heterocycles. The lowest BCUT2D eigenvalue weighted by Gasteiger charge is -2.30. The summed E-state index contributed by atoms with van der Waals surface area (Å²) >= 11 is 0. The van der Waals surface area contributed by atoms with E-state index in [9.17, 15) is 17.4 Å². The zero-order chi connectivity index (χ0) is 39.8. The second-order valence-corrected chi connectivity index (χ2v) is 17.1. The number of benzene rings is 3. The van der Waals surface area contributed by atoms with Gasteiger partial charge in [-0.25, -0.2) is 4.98 Å². The van der Waals surface area contributed by atoms with Gasteiger partial charge in [0.25, 0.3) is 16.0 Å². The van der Waals surface area contributed by atoms with Crippen LogP contribution in [0, 0.1) is 5.92 Å². The molecule has 2 heterocycles. The van der Waals surface area contributed by atoms with E-state index in [1.54, 1.807) is 12.5 Å². The highest BCUT2D eigenvalue weighted by atomic mass is 32.2. The first-order valence-corrected chi connectivity index (χ1v) is 22.1. The maximum absolute atomic E-state index is 13.7. The normalized spacial score (nSPS) is 14.1. The zero-order valence-electron chi connectivity index (χ0n) is 32.6. The number of rotatable bonds is 17. The van der Waals surface area contributed by atoms with Crippen molar-refractivity contribution in [2.45, 2.75) is 76.4 Å². The molecule has 4 aromatic rings. The first-order valence-electron chi connectivity index (χ1n) is 19.0. The number of anilines is 2. The van der Waals surface area contributed by atoms with E-state index in [1.165, 1.54) is 0 Å². The average Bonchev–Trinajstić information content (AvgIpc) is 3.68. The van der Waals surface area contributed by atoms with Gasteiger partial charge in [0, 0.05) is 47.7 Å². The summed E-state index contributed by atoms with van der Waals surface area (Å²) < 4.78 is 50.8. The molecular weight excluding hydrogens is 737 g/mol. The quantitative estimate of drug-likeness (QED) is 0.0705. The molecule has 298 valence electrons. The predicted molar refractivity (Wildman–Crippen MR) is 223 cm³/mol. The number of amides is 1. The second kappa shape index (κ2) is 21.7. The molecule has 0 aliphatic carbocycles. The SMILES string of the molecule is CCCCOCCOc1ccc(-c2ccc3c(c2)C=C(C(=O)Nc2ccc(S(=O)C(CCC)c4cnc[nH]4)cc2)CCCN3CC(C)C)cc1.CS(=O)(=O)O. The van der Waals surface area contributed by atoms with Crippen LogP contribution in [-0.2, 0) is 30.4 Å². The smallest absolute Gasteiger partial charge is 0.261 e. The third-order valence-electron chi connectivity index (χ3n) is 8.80. The molecule has 1 amide bonds. The van der Waals surface area contributed by atoms with Gasteiger partial charge in [-0.1, -0.05) is 58.7 Å². The number of imidazole rings is 1.